The van der Waals surface area contributed by atoms with Crippen LogP contribution in [0.3, 0.4) is 0 Å². The Labute approximate surface area is 308 Å². The van der Waals surface area contributed by atoms with Crippen molar-refractivity contribution in [3.05, 3.63) is 84.1 Å². The number of phenols is 1. The van der Waals surface area contributed by atoms with Gasteiger partial charge in [-0.25, -0.2) is 9.59 Å². The van der Waals surface area contributed by atoms with Crippen molar-refractivity contribution < 1.29 is 83.2 Å². The summed E-state index contributed by atoms with van der Waals surface area (Å²) in [6.45, 7) is 0.315. The highest BCUT2D eigenvalue weighted by Crippen LogP contribution is 2.61. The molecule has 1 saturated carbocycles. The van der Waals surface area contributed by atoms with Gasteiger partial charge in [-0.3, -0.25) is 0 Å². The normalized spacial score (nSPS) is 41.1. The third-order valence-corrected chi connectivity index (χ3v) is 10.5. The number of hydrogen-bond donors (Lipinski definition) is 7. The van der Waals surface area contributed by atoms with Crippen LogP contribution in [0, 0.1) is 11.8 Å². The van der Waals surface area contributed by atoms with Gasteiger partial charge in [0, 0.05) is 12.0 Å². The van der Waals surface area contributed by atoms with Crippen LogP contribution >= 0.6 is 0 Å². The summed E-state index contributed by atoms with van der Waals surface area (Å²) in [4.78, 5) is 26.6. The number of aliphatic hydroxyl groups is 6. The summed E-state index contributed by atoms with van der Waals surface area (Å²) < 4.78 is 47.4. The van der Waals surface area contributed by atoms with Crippen LogP contribution in [0.1, 0.15) is 22.8 Å². The van der Waals surface area contributed by atoms with Crippen LogP contribution in [-0.2, 0) is 42.7 Å². The van der Waals surface area contributed by atoms with E-state index in [4.69, 9.17) is 37.9 Å². The number of benzene rings is 2. The summed E-state index contributed by atoms with van der Waals surface area (Å²) in [6, 6.07) is 14.0. The molecule has 0 radical (unpaired) electrons. The number of esters is 2. The van der Waals surface area contributed by atoms with E-state index in [2.05, 4.69) is 0 Å². The molecule has 0 bridgehead atoms. The Morgan fingerprint density at radius 3 is 2.26 bits per heavy atom. The van der Waals surface area contributed by atoms with Crippen molar-refractivity contribution in [2.45, 2.75) is 92.4 Å². The second-order valence-corrected chi connectivity index (χ2v) is 13.8. The largest absolute Gasteiger partial charge is 0.508 e. The number of aliphatic hydroxyl groups excluding tert-OH is 6. The van der Waals surface area contributed by atoms with E-state index in [-0.39, 0.29) is 11.3 Å². The fourth-order valence-electron chi connectivity index (χ4n) is 7.51. The molecule has 2 aromatic rings. The average Bonchev–Trinajstić information content (AvgIpc) is 3.85. The monoisotopic (exact) mass is 758 g/mol. The molecule has 16 atom stereocenters. The van der Waals surface area contributed by atoms with E-state index < -0.39 is 122 Å². The van der Waals surface area contributed by atoms with E-state index in [9.17, 15) is 45.3 Å². The van der Waals surface area contributed by atoms with Gasteiger partial charge in [-0.2, -0.15) is 0 Å². The van der Waals surface area contributed by atoms with Crippen LogP contribution in [0.15, 0.2) is 73.0 Å². The molecule has 4 aliphatic heterocycles. The van der Waals surface area contributed by atoms with Gasteiger partial charge in [-0.1, -0.05) is 30.3 Å². The minimum Gasteiger partial charge on any atom is -0.508 e. The number of aromatic hydroxyl groups is 1. The molecule has 3 saturated heterocycles. The Balaban J connectivity index is 1.14. The number of hydrogen-bond acceptors (Lipinski definition) is 17. The first kappa shape index (κ1) is 38.3. The zero-order chi connectivity index (χ0) is 38.3. The van der Waals surface area contributed by atoms with Crippen LogP contribution in [0.4, 0.5) is 0 Å². The number of epoxide rings is 1. The van der Waals surface area contributed by atoms with Gasteiger partial charge >= 0.3 is 11.9 Å². The highest BCUT2D eigenvalue weighted by molar-refractivity contribution is 5.89. The summed E-state index contributed by atoms with van der Waals surface area (Å²) >= 11 is 0. The third kappa shape index (κ3) is 7.25. The number of rotatable bonds is 11. The SMILES string of the molecule is C[C@@H]1O[C@@H](O[C@H]2[C@@H]3C=CO[C@@H](O[C@@H]4O[C@H](CO)[C@@H](O)[C@H](O)[C@H]4O)[C@@H]3[C@@]3(CO)O[C@@H]23)[C@H](OC(=O)c2ccccc2)[C@H](OC(=O)/C=C\c2ccc(O)cc2)[C@H]1O. The quantitative estimate of drug-likeness (QED) is 0.0833. The lowest BCUT2D eigenvalue weighted by molar-refractivity contribution is -0.346. The lowest BCUT2D eigenvalue weighted by Gasteiger charge is -2.44. The van der Waals surface area contributed by atoms with Crippen molar-refractivity contribution in [3.63, 3.8) is 0 Å². The Kier molecular flexibility index (Phi) is 11.1. The second-order valence-electron chi connectivity index (χ2n) is 13.8. The van der Waals surface area contributed by atoms with Crippen molar-refractivity contribution in [3.8, 4) is 5.75 Å². The molecule has 0 spiro atoms. The summed E-state index contributed by atoms with van der Waals surface area (Å²) in [5.74, 6) is -3.11. The highest BCUT2D eigenvalue weighted by Gasteiger charge is 2.77. The van der Waals surface area contributed by atoms with Gasteiger partial charge in [0.1, 0.15) is 48.0 Å². The number of fused-ring (bicyclic) bond motifs is 3. The number of carbonyl (C=O) groups excluding carboxylic acids is 2. The standard InChI is InChI=1S/C37H42O17/c1-17-25(42)30(50-23(41)12-9-18-7-10-20(40)11-8-18)31(51-33(46)19-5-3-2-4-6-19)36(48-17)52-29-21-13-14-47-34(24(21)37(16-39)32(29)54-37)53-35-28(45)27(44)26(43)22(15-38)49-35/h2-14,17,21-22,24-32,34-36,38-40,42-45H,15-16H2,1H3/b12-9-/t17-,21+,22+,24+,25-,26+,27-,28+,29-,30+,31+,32-,34-,35-,36-,37+/m0/s1. The van der Waals surface area contributed by atoms with Crippen molar-refractivity contribution in [2.75, 3.05) is 13.2 Å². The maximum atomic E-state index is 13.4. The molecule has 17 heteroatoms. The lowest BCUT2D eigenvalue weighted by atomic mass is 9.85. The Bertz CT molecular complexity index is 1680. The molecule has 2 aromatic carbocycles. The zero-order valence-corrected chi connectivity index (χ0v) is 28.8. The summed E-state index contributed by atoms with van der Waals surface area (Å²) in [5, 5.41) is 72.2. The topological polar surface area (TPSA) is 253 Å². The summed E-state index contributed by atoms with van der Waals surface area (Å²) in [6.07, 6.45) is -12.3. The van der Waals surface area contributed by atoms with Crippen molar-refractivity contribution in [1.29, 1.82) is 0 Å². The molecule has 4 heterocycles. The molecule has 4 fully saturated rings. The van der Waals surface area contributed by atoms with Crippen LogP contribution in [0.5, 0.6) is 5.75 Å². The minimum absolute atomic E-state index is 0.0395. The first-order chi connectivity index (χ1) is 25.9. The predicted molar refractivity (Wildman–Crippen MR) is 178 cm³/mol. The lowest BCUT2D eigenvalue weighted by Crippen LogP contribution is -2.61. The molecule has 292 valence electrons. The van der Waals surface area contributed by atoms with E-state index in [1.54, 1.807) is 36.4 Å². The van der Waals surface area contributed by atoms with Crippen molar-refractivity contribution >= 4 is 18.0 Å². The number of ether oxygens (including phenoxy) is 8. The van der Waals surface area contributed by atoms with Gasteiger partial charge in [0.25, 0.3) is 0 Å². The summed E-state index contributed by atoms with van der Waals surface area (Å²) in [5.41, 5.74) is -0.558. The van der Waals surface area contributed by atoms with Crippen molar-refractivity contribution in [2.24, 2.45) is 11.8 Å². The van der Waals surface area contributed by atoms with Gasteiger partial charge in [-0.15, -0.1) is 0 Å². The maximum absolute atomic E-state index is 13.4. The first-order valence-corrected chi connectivity index (χ1v) is 17.4. The molecule has 5 aliphatic rings. The number of phenolic OH excluding ortho intramolecular Hbond substituents is 1. The number of carbonyl (C=O) groups is 2. The van der Waals surface area contributed by atoms with Gasteiger partial charge in [0.15, 0.2) is 24.8 Å². The maximum Gasteiger partial charge on any atom is 0.338 e. The van der Waals surface area contributed by atoms with Gasteiger partial charge in [-0.05, 0) is 48.9 Å². The minimum atomic E-state index is -1.73. The van der Waals surface area contributed by atoms with Crippen LogP contribution < -0.4 is 0 Å². The second kappa shape index (κ2) is 15.6. The third-order valence-electron chi connectivity index (χ3n) is 10.5. The van der Waals surface area contributed by atoms with Crippen LogP contribution in [-0.4, -0.2) is 146 Å². The Morgan fingerprint density at radius 2 is 1.56 bits per heavy atom. The molecule has 17 nitrogen and oxygen atoms in total. The molecular formula is C37H42O17. The van der Waals surface area contributed by atoms with Crippen LogP contribution in [0.2, 0.25) is 0 Å². The molecule has 0 unspecified atom stereocenters. The fourth-order valence-corrected chi connectivity index (χ4v) is 7.51. The van der Waals surface area contributed by atoms with E-state index >= 15 is 0 Å². The van der Waals surface area contributed by atoms with Crippen LogP contribution in [0.25, 0.3) is 6.08 Å². The molecule has 0 aromatic heterocycles. The van der Waals surface area contributed by atoms with Gasteiger partial charge < -0.3 is 73.6 Å². The fraction of sp³-hybridized carbons (Fsp3) is 0.514. The molecule has 54 heavy (non-hydrogen) atoms. The highest BCUT2D eigenvalue weighted by atomic mass is 16.8. The van der Waals surface area contributed by atoms with E-state index in [1.165, 1.54) is 43.5 Å². The molecule has 0 amide bonds. The molecule has 7 rings (SSSR count). The smallest absolute Gasteiger partial charge is 0.338 e. The van der Waals surface area contributed by atoms with E-state index in [0.29, 0.717) is 5.56 Å². The first-order valence-electron chi connectivity index (χ1n) is 17.4. The predicted octanol–water partition coefficient (Wildman–Crippen LogP) is -0.904. The van der Waals surface area contributed by atoms with Gasteiger partial charge in [0.2, 0.25) is 6.29 Å². The molecule has 1 aliphatic carbocycles. The van der Waals surface area contributed by atoms with E-state index in [1.807, 2.05) is 0 Å². The summed E-state index contributed by atoms with van der Waals surface area (Å²) in [7, 11) is 0. The zero-order valence-electron chi connectivity index (χ0n) is 28.8. The molecular weight excluding hydrogens is 716 g/mol. The average molecular weight is 759 g/mol. The van der Waals surface area contributed by atoms with E-state index in [0.717, 1.165) is 6.08 Å². The Hall–Kier alpha value is -3.98. The molecule has 7 N–H and O–H groups in total. The van der Waals surface area contributed by atoms with Crippen molar-refractivity contribution in [1.82, 2.24) is 0 Å². The Morgan fingerprint density at radius 1 is 0.815 bits per heavy atom. The van der Waals surface area contributed by atoms with Gasteiger partial charge in [0.05, 0.1) is 43.2 Å².